The second-order valence-electron chi connectivity index (χ2n) is 2.40. The molecule has 0 spiro atoms. The molecule has 0 N–H and O–H groups in total. The number of hydrogen-bond donors (Lipinski definition) is 0. The quantitative estimate of drug-likeness (QED) is 0.560. The van der Waals surface area contributed by atoms with Gasteiger partial charge in [-0.05, 0) is 9.91 Å². The zero-order chi connectivity index (χ0) is 11.6. The van der Waals surface area contributed by atoms with Gasteiger partial charge in [0.15, 0.2) is 11.9 Å². The van der Waals surface area contributed by atoms with Crippen molar-refractivity contribution < 1.29 is 18.1 Å². The van der Waals surface area contributed by atoms with Gasteiger partial charge in [-0.25, -0.2) is 13.2 Å². The molecule has 1 aromatic heterocycles. The Morgan fingerprint density at radius 1 is 1.60 bits per heavy atom. The van der Waals surface area contributed by atoms with Gasteiger partial charge in [0.2, 0.25) is 0 Å². The molecule has 0 unspecified atom stereocenters. The molecule has 0 aliphatic rings. The highest BCUT2D eigenvalue weighted by Gasteiger charge is 2.25. The molecule has 15 heavy (non-hydrogen) atoms. The van der Waals surface area contributed by atoms with Crippen LogP contribution in [0.4, 0.5) is 19.0 Å². The van der Waals surface area contributed by atoms with Crippen molar-refractivity contribution in [3.8, 4) is 6.07 Å². The van der Waals surface area contributed by atoms with Crippen molar-refractivity contribution in [2.24, 2.45) is 0 Å². The Balaban J connectivity index is 3.47. The number of nitro groups is 1. The highest BCUT2D eigenvalue weighted by molar-refractivity contribution is 5.37. The van der Waals surface area contributed by atoms with Crippen LogP contribution in [0, 0.1) is 27.3 Å². The van der Waals surface area contributed by atoms with E-state index in [4.69, 9.17) is 5.26 Å². The highest BCUT2D eigenvalue weighted by atomic mass is 19.3. The van der Waals surface area contributed by atoms with Crippen LogP contribution in [0.1, 0.15) is 17.7 Å². The Morgan fingerprint density at radius 2 is 2.20 bits per heavy atom. The Labute approximate surface area is 80.9 Å². The van der Waals surface area contributed by atoms with E-state index < -0.39 is 34.2 Å². The monoisotopic (exact) mass is 217 g/mol. The molecule has 0 aliphatic carbocycles. The molecule has 1 rings (SSSR count). The average molecular weight is 217 g/mol. The second kappa shape index (κ2) is 3.91. The van der Waals surface area contributed by atoms with E-state index in [1.807, 2.05) is 0 Å². The van der Waals surface area contributed by atoms with Crippen LogP contribution in [0.2, 0.25) is 0 Å². The lowest BCUT2D eigenvalue weighted by Crippen LogP contribution is -2.02. The maximum absolute atomic E-state index is 13.0. The first-order chi connectivity index (χ1) is 6.97. The average Bonchev–Trinajstić information content (AvgIpc) is 2.17. The van der Waals surface area contributed by atoms with Crippen LogP contribution in [0.3, 0.4) is 0 Å². The lowest BCUT2D eigenvalue weighted by atomic mass is 10.2. The summed E-state index contributed by atoms with van der Waals surface area (Å²) >= 11 is 0. The van der Waals surface area contributed by atoms with Crippen molar-refractivity contribution in [3.63, 3.8) is 0 Å². The van der Waals surface area contributed by atoms with E-state index in [0.29, 0.717) is 6.07 Å². The van der Waals surface area contributed by atoms with Crippen molar-refractivity contribution in [3.05, 3.63) is 33.3 Å². The molecule has 1 heterocycles. The molecule has 0 aliphatic heterocycles. The lowest BCUT2D eigenvalue weighted by molar-refractivity contribution is -0.389. The molecule has 1 aromatic rings. The number of hydrogen-bond acceptors (Lipinski definition) is 4. The third-order valence-electron chi connectivity index (χ3n) is 1.50. The normalized spacial score (nSPS) is 10.1. The van der Waals surface area contributed by atoms with E-state index in [0.717, 1.165) is 6.07 Å². The van der Waals surface area contributed by atoms with E-state index in [9.17, 15) is 23.3 Å². The molecule has 0 atom stereocenters. The van der Waals surface area contributed by atoms with E-state index in [1.165, 1.54) is 0 Å². The minimum atomic E-state index is -3.24. The SMILES string of the molecule is N#Cc1nc([N+](=O)[O-])cc(C(F)F)c1F. The highest BCUT2D eigenvalue weighted by Crippen LogP contribution is 2.26. The molecule has 78 valence electrons. The lowest BCUT2D eigenvalue weighted by Gasteiger charge is -2.00. The van der Waals surface area contributed by atoms with Crippen LogP contribution in [0.15, 0.2) is 6.07 Å². The summed E-state index contributed by atoms with van der Waals surface area (Å²) in [6, 6.07) is 1.47. The molecule has 0 saturated heterocycles. The van der Waals surface area contributed by atoms with Crippen LogP contribution in [0.5, 0.6) is 0 Å². The maximum Gasteiger partial charge on any atom is 0.365 e. The molecular weight excluding hydrogens is 215 g/mol. The number of nitriles is 1. The first kappa shape index (κ1) is 10.9. The van der Waals surface area contributed by atoms with E-state index in [-0.39, 0.29) is 0 Å². The number of aromatic nitrogens is 1. The Morgan fingerprint density at radius 3 is 2.60 bits per heavy atom. The van der Waals surface area contributed by atoms with Crippen molar-refractivity contribution in [1.29, 1.82) is 5.26 Å². The molecule has 5 nitrogen and oxygen atoms in total. The maximum atomic E-state index is 13.0. The molecular formula is C7H2F3N3O2. The number of rotatable bonds is 2. The standard InChI is InChI=1S/C7H2F3N3O2/c8-6-3(7(9)10)1-5(13(14)15)12-4(6)2-11/h1,7H. The first-order valence-electron chi connectivity index (χ1n) is 3.50. The summed E-state index contributed by atoms with van der Waals surface area (Å²) in [4.78, 5) is 12.1. The fourth-order valence-corrected chi connectivity index (χ4v) is 0.861. The summed E-state index contributed by atoms with van der Waals surface area (Å²) in [5.74, 6) is -2.51. The molecule has 0 saturated carbocycles. The van der Waals surface area contributed by atoms with Gasteiger partial charge in [-0.3, -0.25) is 0 Å². The van der Waals surface area contributed by atoms with Gasteiger partial charge >= 0.3 is 5.82 Å². The fraction of sp³-hybridized carbons (Fsp3) is 0.143. The largest absolute Gasteiger partial charge is 0.365 e. The summed E-state index contributed by atoms with van der Waals surface area (Å²) in [6.07, 6.45) is -3.24. The van der Waals surface area contributed by atoms with Crippen molar-refractivity contribution in [2.45, 2.75) is 6.43 Å². The molecule has 0 aromatic carbocycles. The van der Waals surface area contributed by atoms with Crippen LogP contribution in [-0.4, -0.2) is 9.91 Å². The Hall–Kier alpha value is -2.17. The van der Waals surface area contributed by atoms with Crippen molar-refractivity contribution >= 4 is 5.82 Å². The second-order valence-corrected chi connectivity index (χ2v) is 2.40. The number of nitrogens with zero attached hydrogens (tertiary/aromatic N) is 3. The van der Waals surface area contributed by atoms with E-state index >= 15 is 0 Å². The van der Waals surface area contributed by atoms with Gasteiger partial charge in [0, 0.05) is 6.07 Å². The third kappa shape index (κ3) is 2.01. The van der Waals surface area contributed by atoms with Crippen LogP contribution in [-0.2, 0) is 0 Å². The summed E-state index contributed by atoms with van der Waals surface area (Å²) in [5.41, 5.74) is -2.22. The minimum absolute atomic E-state index is 0.306. The Bertz CT molecular complexity index is 456. The first-order valence-corrected chi connectivity index (χ1v) is 3.50. The topological polar surface area (TPSA) is 79.8 Å². The van der Waals surface area contributed by atoms with Crippen LogP contribution >= 0.6 is 0 Å². The number of pyridine rings is 1. The van der Waals surface area contributed by atoms with Crippen LogP contribution in [0.25, 0.3) is 0 Å². The molecule has 8 heteroatoms. The van der Waals surface area contributed by atoms with Gasteiger partial charge in [-0.2, -0.15) is 5.26 Å². The summed E-state index contributed by atoms with van der Waals surface area (Å²) in [7, 11) is 0. The van der Waals surface area contributed by atoms with Gasteiger partial charge < -0.3 is 10.1 Å². The fourth-order valence-electron chi connectivity index (χ4n) is 0.861. The van der Waals surface area contributed by atoms with Gasteiger partial charge in [0.05, 0.1) is 5.56 Å². The predicted molar refractivity (Wildman–Crippen MR) is 40.5 cm³/mol. The van der Waals surface area contributed by atoms with Crippen LogP contribution < -0.4 is 0 Å². The van der Waals surface area contributed by atoms with Gasteiger partial charge in [0.1, 0.15) is 0 Å². The third-order valence-corrected chi connectivity index (χ3v) is 1.50. The number of halogens is 3. The molecule has 0 fully saturated rings. The molecule has 0 bridgehead atoms. The number of alkyl halides is 2. The summed E-state index contributed by atoms with van der Waals surface area (Å²) < 4.78 is 37.4. The van der Waals surface area contributed by atoms with Gasteiger partial charge in [-0.1, -0.05) is 0 Å². The predicted octanol–water partition coefficient (Wildman–Crippen LogP) is 1.94. The zero-order valence-electron chi connectivity index (χ0n) is 6.95. The molecule has 0 amide bonds. The summed E-state index contributed by atoms with van der Waals surface area (Å²) in [6.45, 7) is 0. The van der Waals surface area contributed by atoms with Gasteiger partial charge in [-0.15, -0.1) is 0 Å². The smallest absolute Gasteiger partial charge is 0.358 e. The van der Waals surface area contributed by atoms with E-state index in [2.05, 4.69) is 4.98 Å². The van der Waals surface area contributed by atoms with Crippen molar-refractivity contribution in [1.82, 2.24) is 4.98 Å². The van der Waals surface area contributed by atoms with Crippen molar-refractivity contribution in [2.75, 3.05) is 0 Å². The summed E-state index contributed by atoms with van der Waals surface area (Å²) in [5, 5.41) is 18.5. The Kier molecular flexibility index (Phi) is 2.85. The minimum Gasteiger partial charge on any atom is -0.358 e. The zero-order valence-corrected chi connectivity index (χ0v) is 6.95. The van der Waals surface area contributed by atoms with E-state index in [1.54, 1.807) is 0 Å². The molecule has 0 radical (unpaired) electrons. The van der Waals surface area contributed by atoms with Gasteiger partial charge in [0.25, 0.3) is 12.1 Å².